The number of urea groups is 1. The van der Waals surface area contributed by atoms with E-state index in [4.69, 9.17) is 23.2 Å². The van der Waals surface area contributed by atoms with E-state index >= 15 is 0 Å². The maximum Gasteiger partial charge on any atom is 0.325 e. The van der Waals surface area contributed by atoms with E-state index in [1.165, 1.54) is 4.31 Å². The van der Waals surface area contributed by atoms with E-state index in [0.29, 0.717) is 13.1 Å². The molecule has 0 saturated carbocycles. The SMILES string of the molecule is O=C1NC(=C(Cl)Cl)/C(=N/S(=O)(=O)N2CCCCC2)N1. The molecule has 10 heteroatoms. The van der Waals surface area contributed by atoms with Crippen molar-refractivity contribution >= 4 is 45.3 Å². The van der Waals surface area contributed by atoms with Crippen LogP contribution in [0, 0.1) is 0 Å². The Hall–Kier alpha value is -0.830. The van der Waals surface area contributed by atoms with Gasteiger partial charge < -0.3 is 5.32 Å². The summed E-state index contributed by atoms with van der Waals surface area (Å²) >= 11 is 11.1. The molecule has 19 heavy (non-hydrogen) atoms. The first-order valence-electron chi connectivity index (χ1n) is 5.64. The van der Waals surface area contributed by atoms with E-state index in [1.807, 2.05) is 0 Å². The van der Waals surface area contributed by atoms with Crippen LogP contribution in [0.2, 0.25) is 0 Å². The molecule has 2 fully saturated rings. The molecule has 2 amide bonds. The molecule has 2 heterocycles. The van der Waals surface area contributed by atoms with Crippen molar-refractivity contribution in [2.75, 3.05) is 13.1 Å². The molecule has 0 unspecified atom stereocenters. The van der Waals surface area contributed by atoms with Crippen molar-refractivity contribution in [2.24, 2.45) is 4.40 Å². The van der Waals surface area contributed by atoms with Crippen molar-refractivity contribution in [1.29, 1.82) is 0 Å². The van der Waals surface area contributed by atoms with Crippen molar-refractivity contribution < 1.29 is 13.2 Å². The Labute approximate surface area is 120 Å². The molecule has 0 atom stereocenters. The summed E-state index contributed by atoms with van der Waals surface area (Å²) in [6.45, 7) is 0.849. The van der Waals surface area contributed by atoms with Crippen molar-refractivity contribution in [1.82, 2.24) is 14.9 Å². The molecule has 0 aromatic heterocycles. The normalized spacial score (nSPS) is 23.4. The second-order valence-corrected chi connectivity index (χ2v) is 6.64. The van der Waals surface area contributed by atoms with Crippen LogP contribution >= 0.6 is 23.2 Å². The number of nitrogens with one attached hydrogen (secondary N) is 2. The summed E-state index contributed by atoms with van der Waals surface area (Å²) in [5, 5.41) is 4.53. The van der Waals surface area contributed by atoms with Gasteiger partial charge in [0.15, 0.2) is 5.84 Å². The lowest BCUT2D eigenvalue weighted by atomic mass is 10.2. The number of carbonyl (C=O) groups excluding carboxylic acids is 1. The fraction of sp³-hybridized carbons (Fsp3) is 0.556. The Balaban J connectivity index is 2.29. The maximum absolute atomic E-state index is 12.1. The molecule has 2 aliphatic rings. The number of piperidine rings is 1. The van der Waals surface area contributed by atoms with Crippen molar-refractivity contribution in [3.05, 3.63) is 10.2 Å². The molecular formula is C9H12Cl2N4O3S. The Morgan fingerprint density at radius 1 is 1.16 bits per heavy atom. The number of halogens is 2. The first kappa shape index (κ1) is 14.6. The number of nitrogens with zero attached hydrogens (tertiary/aromatic N) is 2. The third-order valence-corrected chi connectivity index (χ3v) is 4.55. The minimum atomic E-state index is -3.84. The van der Waals surface area contributed by atoms with Crippen LogP contribution in [-0.4, -0.2) is 37.7 Å². The monoisotopic (exact) mass is 326 g/mol. The quantitative estimate of drug-likeness (QED) is 0.795. The standard InChI is InChI=1S/C9H12Cl2N4O3S/c10-7(11)6-8(13-9(16)12-6)14-19(17,18)15-4-2-1-3-5-15/h1-5H2,(H2,12,13,14,16). The van der Waals surface area contributed by atoms with Crippen molar-refractivity contribution in [2.45, 2.75) is 19.3 Å². The Bertz CT molecular complexity index is 548. The van der Waals surface area contributed by atoms with Gasteiger partial charge in [0.1, 0.15) is 10.2 Å². The molecule has 0 aliphatic carbocycles. The summed E-state index contributed by atoms with van der Waals surface area (Å²) in [7, 11) is -3.84. The van der Waals surface area contributed by atoms with Crippen LogP contribution in [0.3, 0.4) is 0 Å². The maximum atomic E-state index is 12.1. The molecule has 2 aliphatic heterocycles. The van der Waals surface area contributed by atoms with Gasteiger partial charge in [-0.2, -0.15) is 12.7 Å². The van der Waals surface area contributed by atoms with Crippen LogP contribution in [0.5, 0.6) is 0 Å². The largest absolute Gasteiger partial charge is 0.325 e. The zero-order valence-electron chi connectivity index (χ0n) is 9.82. The molecule has 106 valence electrons. The Kier molecular flexibility index (Phi) is 4.34. The van der Waals surface area contributed by atoms with Crippen LogP contribution in [0.1, 0.15) is 19.3 Å². The Morgan fingerprint density at radius 2 is 1.79 bits per heavy atom. The summed E-state index contributed by atoms with van der Waals surface area (Å²) in [5.41, 5.74) is -0.0334. The van der Waals surface area contributed by atoms with Gasteiger partial charge in [-0.3, -0.25) is 5.32 Å². The summed E-state index contributed by atoms with van der Waals surface area (Å²) in [6.07, 6.45) is 2.60. The number of hydrogen-bond acceptors (Lipinski definition) is 3. The summed E-state index contributed by atoms with van der Waals surface area (Å²) in [6, 6.07) is -0.624. The molecule has 2 saturated heterocycles. The lowest BCUT2D eigenvalue weighted by molar-refractivity contribution is 0.250. The van der Waals surface area contributed by atoms with Crippen LogP contribution in [0.4, 0.5) is 4.79 Å². The molecule has 7 nitrogen and oxygen atoms in total. The van der Waals surface area contributed by atoms with E-state index in [9.17, 15) is 13.2 Å². The smallest absolute Gasteiger partial charge is 0.302 e. The molecule has 2 rings (SSSR count). The fourth-order valence-electron chi connectivity index (χ4n) is 1.85. The highest BCUT2D eigenvalue weighted by molar-refractivity contribution is 7.88. The number of hydrogen-bond donors (Lipinski definition) is 2. The summed E-state index contributed by atoms with van der Waals surface area (Å²) in [4.78, 5) is 11.2. The van der Waals surface area contributed by atoms with Gasteiger partial charge in [0, 0.05) is 13.1 Å². The second kappa shape index (κ2) is 5.66. The van der Waals surface area contributed by atoms with Gasteiger partial charge in [0.25, 0.3) is 0 Å². The highest BCUT2D eigenvalue weighted by Crippen LogP contribution is 2.18. The van der Waals surface area contributed by atoms with E-state index in [-0.39, 0.29) is 16.0 Å². The number of amides is 2. The van der Waals surface area contributed by atoms with Crippen molar-refractivity contribution in [3.8, 4) is 0 Å². The molecule has 0 aromatic carbocycles. The molecule has 0 spiro atoms. The first-order chi connectivity index (χ1) is 8.90. The van der Waals surface area contributed by atoms with Gasteiger partial charge in [-0.15, -0.1) is 4.40 Å². The minimum Gasteiger partial charge on any atom is -0.302 e. The van der Waals surface area contributed by atoms with E-state index < -0.39 is 16.2 Å². The van der Waals surface area contributed by atoms with Gasteiger partial charge >= 0.3 is 16.2 Å². The van der Waals surface area contributed by atoms with Gasteiger partial charge in [0.2, 0.25) is 0 Å². The predicted molar refractivity (Wildman–Crippen MR) is 72.2 cm³/mol. The zero-order valence-corrected chi connectivity index (χ0v) is 12.1. The van der Waals surface area contributed by atoms with Gasteiger partial charge in [-0.05, 0) is 12.8 Å². The van der Waals surface area contributed by atoms with E-state index in [1.54, 1.807) is 0 Å². The predicted octanol–water partition coefficient (Wildman–Crippen LogP) is 1.08. The minimum absolute atomic E-state index is 0.0334. The molecule has 2 N–H and O–H groups in total. The van der Waals surface area contributed by atoms with E-state index in [0.717, 1.165) is 19.3 Å². The number of amidine groups is 1. The first-order valence-corrected chi connectivity index (χ1v) is 7.79. The molecular weight excluding hydrogens is 315 g/mol. The number of rotatable bonds is 2. The third-order valence-electron chi connectivity index (χ3n) is 2.74. The van der Waals surface area contributed by atoms with Gasteiger partial charge in [0.05, 0.1) is 0 Å². The second-order valence-electron chi connectivity index (χ2n) is 4.09. The average molecular weight is 327 g/mol. The van der Waals surface area contributed by atoms with Crippen molar-refractivity contribution in [3.63, 3.8) is 0 Å². The van der Waals surface area contributed by atoms with E-state index in [2.05, 4.69) is 15.0 Å². The summed E-state index contributed by atoms with van der Waals surface area (Å²) in [5.74, 6) is -0.185. The molecule has 0 radical (unpaired) electrons. The zero-order chi connectivity index (χ0) is 14.0. The van der Waals surface area contributed by atoms with Crippen LogP contribution in [0.15, 0.2) is 14.6 Å². The highest BCUT2D eigenvalue weighted by atomic mass is 35.5. The fourth-order valence-corrected chi connectivity index (χ4v) is 3.32. The van der Waals surface area contributed by atoms with Gasteiger partial charge in [-0.25, -0.2) is 4.79 Å². The van der Waals surface area contributed by atoms with Crippen LogP contribution < -0.4 is 10.6 Å². The topological polar surface area (TPSA) is 90.9 Å². The van der Waals surface area contributed by atoms with Gasteiger partial charge in [-0.1, -0.05) is 29.6 Å². The Morgan fingerprint density at radius 3 is 2.37 bits per heavy atom. The lowest BCUT2D eigenvalue weighted by Gasteiger charge is -2.23. The lowest BCUT2D eigenvalue weighted by Crippen LogP contribution is -2.35. The van der Waals surface area contributed by atoms with Crippen LogP contribution in [-0.2, 0) is 10.2 Å². The molecule has 0 bridgehead atoms. The number of carbonyl (C=O) groups is 1. The van der Waals surface area contributed by atoms with Crippen LogP contribution in [0.25, 0.3) is 0 Å². The summed E-state index contributed by atoms with van der Waals surface area (Å²) < 4.78 is 28.7. The third kappa shape index (κ3) is 3.38. The average Bonchev–Trinajstić information content (AvgIpc) is 2.71. The highest BCUT2D eigenvalue weighted by Gasteiger charge is 2.29. The molecule has 0 aromatic rings.